The Kier molecular flexibility index (Phi) is 2.94. The second kappa shape index (κ2) is 4.61. The third-order valence-electron chi connectivity index (χ3n) is 3.79. The number of hydrogen-bond acceptors (Lipinski definition) is 2. The first-order valence-electron chi connectivity index (χ1n) is 6.69. The predicted molar refractivity (Wildman–Crippen MR) is 75.5 cm³/mol. The number of hydrogen-bond donors (Lipinski definition) is 1. The molecule has 3 rings (SSSR count). The SMILES string of the molecule is Cc1ccc(O[C@H]2c3ccccc3CC2C)c(O)c1. The lowest BCUT2D eigenvalue weighted by Gasteiger charge is -2.20. The maximum atomic E-state index is 9.96. The Morgan fingerprint density at radius 1 is 1.16 bits per heavy atom. The fourth-order valence-electron chi connectivity index (χ4n) is 2.80. The molecule has 0 bridgehead atoms. The number of phenols is 1. The average molecular weight is 254 g/mol. The summed E-state index contributed by atoms with van der Waals surface area (Å²) in [5.74, 6) is 1.22. The van der Waals surface area contributed by atoms with Crippen LogP contribution in [-0.4, -0.2) is 5.11 Å². The van der Waals surface area contributed by atoms with Crippen molar-refractivity contribution in [3.8, 4) is 11.5 Å². The van der Waals surface area contributed by atoms with Crippen molar-refractivity contribution in [1.82, 2.24) is 0 Å². The summed E-state index contributed by atoms with van der Waals surface area (Å²) >= 11 is 0. The maximum Gasteiger partial charge on any atom is 0.161 e. The molecular formula is C17H18O2. The molecule has 19 heavy (non-hydrogen) atoms. The first kappa shape index (κ1) is 12.1. The largest absolute Gasteiger partial charge is 0.504 e. The van der Waals surface area contributed by atoms with E-state index < -0.39 is 0 Å². The highest BCUT2D eigenvalue weighted by molar-refractivity contribution is 5.43. The Balaban J connectivity index is 1.91. The molecule has 1 aliphatic rings. The number of aromatic hydroxyl groups is 1. The number of rotatable bonds is 2. The summed E-state index contributed by atoms with van der Waals surface area (Å²) in [5.41, 5.74) is 3.63. The molecule has 2 aromatic carbocycles. The molecule has 2 aromatic rings. The van der Waals surface area contributed by atoms with Gasteiger partial charge in [-0.2, -0.15) is 0 Å². The van der Waals surface area contributed by atoms with E-state index in [-0.39, 0.29) is 11.9 Å². The molecule has 0 fully saturated rings. The lowest BCUT2D eigenvalue weighted by atomic mass is 10.1. The molecule has 2 heteroatoms. The summed E-state index contributed by atoms with van der Waals surface area (Å²) in [6, 6.07) is 13.9. The highest BCUT2D eigenvalue weighted by atomic mass is 16.5. The van der Waals surface area contributed by atoms with Crippen molar-refractivity contribution in [3.63, 3.8) is 0 Å². The van der Waals surface area contributed by atoms with Crippen LogP contribution >= 0.6 is 0 Å². The Labute approximate surface area is 113 Å². The van der Waals surface area contributed by atoms with Gasteiger partial charge in [0.25, 0.3) is 0 Å². The maximum absolute atomic E-state index is 9.96. The van der Waals surface area contributed by atoms with Crippen molar-refractivity contribution >= 4 is 0 Å². The highest BCUT2D eigenvalue weighted by Gasteiger charge is 2.31. The van der Waals surface area contributed by atoms with Gasteiger partial charge in [0.15, 0.2) is 11.5 Å². The van der Waals surface area contributed by atoms with Gasteiger partial charge < -0.3 is 9.84 Å². The van der Waals surface area contributed by atoms with Crippen molar-refractivity contribution in [2.75, 3.05) is 0 Å². The quantitative estimate of drug-likeness (QED) is 0.877. The zero-order valence-electron chi connectivity index (χ0n) is 11.3. The Morgan fingerprint density at radius 3 is 2.74 bits per heavy atom. The zero-order valence-corrected chi connectivity index (χ0v) is 11.3. The number of fused-ring (bicyclic) bond motifs is 1. The second-order valence-electron chi connectivity index (χ2n) is 5.39. The average Bonchev–Trinajstić information content (AvgIpc) is 2.69. The summed E-state index contributed by atoms with van der Waals surface area (Å²) in [6.45, 7) is 4.15. The minimum Gasteiger partial charge on any atom is -0.504 e. The van der Waals surface area contributed by atoms with Gasteiger partial charge in [-0.1, -0.05) is 37.3 Å². The van der Waals surface area contributed by atoms with Crippen molar-refractivity contribution in [2.24, 2.45) is 5.92 Å². The van der Waals surface area contributed by atoms with E-state index in [1.54, 1.807) is 6.07 Å². The second-order valence-corrected chi connectivity index (χ2v) is 5.39. The molecule has 0 amide bonds. The van der Waals surface area contributed by atoms with Gasteiger partial charge in [0.05, 0.1) is 0 Å². The van der Waals surface area contributed by atoms with Crippen LogP contribution in [0.5, 0.6) is 11.5 Å². The summed E-state index contributed by atoms with van der Waals surface area (Å²) in [5, 5.41) is 9.96. The molecule has 0 aromatic heterocycles. The molecule has 1 aliphatic carbocycles. The molecule has 0 saturated heterocycles. The van der Waals surface area contributed by atoms with Crippen LogP contribution in [0, 0.1) is 12.8 Å². The molecule has 0 saturated carbocycles. The normalized spacial score (nSPS) is 21.2. The van der Waals surface area contributed by atoms with Crippen LogP contribution in [-0.2, 0) is 6.42 Å². The van der Waals surface area contributed by atoms with E-state index >= 15 is 0 Å². The third kappa shape index (κ3) is 2.19. The molecular weight excluding hydrogens is 236 g/mol. The van der Waals surface area contributed by atoms with Crippen LogP contribution in [0.3, 0.4) is 0 Å². The van der Waals surface area contributed by atoms with Crippen LogP contribution in [0.1, 0.15) is 29.7 Å². The van der Waals surface area contributed by atoms with Crippen molar-refractivity contribution < 1.29 is 9.84 Å². The van der Waals surface area contributed by atoms with E-state index in [0.717, 1.165) is 12.0 Å². The van der Waals surface area contributed by atoms with E-state index in [1.807, 2.05) is 25.1 Å². The predicted octanol–water partition coefficient (Wildman–Crippen LogP) is 4.01. The summed E-state index contributed by atoms with van der Waals surface area (Å²) in [7, 11) is 0. The van der Waals surface area contributed by atoms with Gasteiger partial charge in [-0.3, -0.25) is 0 Å². The number of benzene rings is 2. The Morgan fingerprint density at radius 2 is 1.95 bits per heavy atom. The van der Waals surface area contributed by atoms with E-state index in [4.69, 9.17) is 4.74 Å². The van der Waals surface area contributed by atoms with Crippen LogP contribution in [0.15, 0.2) is 42.5 Å². The molecule has 0 radical (unpaired) electrons. The van der Waals surface area contributed by atoms with Crippen LogP contribution < -0.4 is 4.74 Å². The number of ether oxygens (including phenoxy) is 1. The monoisotopic (exact) mass is 254 g/mol. The van der Waals surface area contributed by atoms with Gasteiger partial charge >= 0.3 is 0 Å². The van der Waals surface area contributed by atoms with Gasteiger partial charge in [0, 0.05) is 5.92 Å². The first-order chi connectivity index (χ1) is 9.15. The van der Waals surface area contributed by atoms with E-state index in [1.165, 1.54) is 11.1 Å². The van der Waals surface area contributed by atoms with Gasteiger partial charge in [-0.25, -0.2) is 0 Å². The molecule has 1 unspecified atom stereocenters. The smallest absolute Gasteiger partial charge is 0.161 e. The van der Waals surface area contributed by atoms with Gasteiger partial charge in [-0.05, 0) is 42.2 Å². The zero-order chi connectivity index (χ0) is 13.4. The summed E-state index contributed by atoms with van der Waals surface area (Å²) < 4.78 is 6.05. The molecule has 0 aliphatic heterocycles. The molecule has 0 spiro atoms. The fraction of sp³-hybridized carbons (Fsp3) is 0.294. The van der Waals surface area contributed by atoms with E-state index in [0.29, 0.717) is 11.7 Å². The van der Waals surface area contributed by atoms with Crippen LogP contribution in [0.4, 0.5) is 0 Å². The molecule has 2 nitrogen and oxygen atoms in total. The molecule has 0 heterocycles. The van der Waals surface area contributed by atoms with E-state index in [9.17, 15) is 5.11 Å². The van der Waals surface area contributed by atoms with Crippen molar-refractivity contribution in [3.05, 3.63) is 59.2 Å². The molecule has 98 valence electrons. The topological polar surface area (TPSA) is 29.5 Å². The third-order valence-corrected chi connectivity index (χ3v) is 3.79. The lowest BCUT2D eigenvalue weighted by Crippen LogP contribution is -2.11. The number of aryl methyl sites for hydroxylation is 1. The Bertz CT molecular complexity index is 604. The minimum atomic E-state index is 0.0322. The highest BCUT2D eigenvalue weighted by Crippen LogP contribution is 2.41. The molecule has 1 N–H and O–H groups in total. The number of phenolic OH excluding ortho intramolecular Hbond substituents is 1. The summed E-state index contributed by atoms with van der Waals surface area (Å²) in [4.78, 5) is 0. The van der Waals surface area contributed by atoms with Gasteiger partial charge in [-0.15, -0.1) is 0 Å². The fourth-order valence-corrected chi connectivity index (χ4v) is 2.80. The van der Waals surface area contributed by atoms with Gasteiger partial charge in [0.2, 0.25) is 0 Å². The van der Waals surface area contributed by atoms with Crippen molar-refractivity contribution in [2.45, 2.75) is 26.4 Å². The van der Waals surface area contributed by atoms with Crippen molar-refractivity contribution in [1.29, 1.82) is 0 Å². The first-order valence-corrected chi connectivity index (χ1v) is 6.69. The lowest BCUT2D eigenvalue weighted by molar-refractivity contribution is 0.154. The summed E-state index contributed by atoms with van der Waals surface area (Å²) in [6.07, 6.45) is 1.07. The van der Waals surface area contributed by atoms with Crippen LogP contribution in [0.25, 0.3) is 0 Å². The van der Waals surface area contributed by atoms with Crippen LogP contribution in [0.2, 0.25) is 0 Å². The van der Waals surface area contributed by atoms with E-state index in [2.05, 4.69) is 25.1 Å². The molecule has 2 atom stereocenters. The Hall–Kier alpha value is -1.96. The van der Waals surface area contributed by atoms with Gasteiger partial charge in [0.1, 0.15) is 6.10 Å². The standard InChI is InChI=1S/C17H18O2/c1-11-7-8-16(15(18)9-11)19-17-12(2)10-13-5-3-4-6-14(13)17/h3-9,12,17-18H,10H2,1-2H3/t12?,17-/m1/s1. The minimum absolute atomic E-state index is 0.0322.